The SMILES string of the molecule is CC(C)C(=O)C1CCCCC1.CCOCCC(=O)NCCOCC(N)=O.[HH].[HH]. The highest BCUT2D eigenvalue weighted by molar-refractivity contribution is 5.82. The van der Waals surface area contributed by atoms with Gasteiger partial charge in [0, 0.05) is 34.3 Å². The average Bonchev–Trinajstić information content (AvgIpc) is 2.62. The van der Waals surface area contributed by atoms with Gasteiger partial charge in [-0.25, -0.2) is 0 Å². The normalized spacial score (nSPS) is 14.5. The third-order valence-corrected chi connectivity index (χ3v) is 4.07. The molecule has 156 valence electrons. The van der Waals surface area contributed by atoms with E-state index in [9.17, 15) is 14.4 Å². The maximum absolute atomic E-state index is 11.5. The molecule has 1 aliphatic rings. The van der Waals surface area contributed by atoms with Gasteiger partial charge in [0.25, 0.3) is 0 Å². The Bertz CT molecular complexity index is 417. The van der Waals surface area contributed by atoms with Gasteiger partial charge in [0.1, 0.15) is 12.4 Å². The van der Waals surface area contributed by atoms with Crippen LogP contribution in [0.1, 0.15) is 62.1 Å². The lowest BCUT2D eigenvalue weighted by molar-refractivity contribution is -0.127. The molecule has 0 atom stereocenters. The predicted octanol–water partition coefficient (Wildman–Crippen LogP) is 2.31. The van der Waals surface area contributed by atoms with Crippen molar-refractivity contribution in [2.45, 2.75) is 59.3 Å². The first-order valence-corrected chi connectivity index (χ1v) is 9.62. The van der Waals surface area contributed by atoms with E-state index in [1.165, 1.54) is 19.3 Å². The van der Waals surface area contributed by atoms with Gasteiger partial charge in [0.15, 0.2) is 0 Å². The molecule has 1 rings (SSSR count). The van der Waals surface area contributed by atoms with Gasteiger partial charge in [-0.05, 0) is 19.8 Å². The summed E-state index contributed by atoms with van der Waals surface area (Å²) in [4.78, 5) is 32.8. The van der Waals surface area contributed by atoms with E-state index < -0.39 is 5.91 Å². The zero-order chi connectivity index (χ0) is 19.8. The highest BCUT2D eigenvalue weighted by atomic mass is 16.5. The molecule has 1 fully saturated rings. The summed E-state index contributed by atoms with van der Waals surface area (Å²) in [5.74, 6) is 0.537. The first-order chi connectivity index (χ1) is 12.4. The number of nitrogens with one attached hydrogen (secondary N) is 1. The average molecular weight is 377 g/mol. The van der Waals surface area contributed by atoms with Gasteiger partial charge < -0.3 is 20.5 Å². The van der Waals surface area contributed by atoms with Crippen LogP contribution < -0.4 is 11.1 Å². The van der Waals surface area contributed by atoms with Crippen LogP contribution in [0.4, 0.5) is 0 Å². The molecule has 0 saturated heterocycles. The number of rotatable bonds is 11. The standard InChI is InChI=1S/C10H18O.C9H18N2O4.2H2/c1-8(2)10(11)9-6-4-3-5-7-9;1-2-14-5-3-9(13)11-4-6-15-7-8(10)12;;/h8-9H,3-7H2,1-2H3;2-7H2,1H3,(H2,10,12)(H,11,13);2*1H. The van der Waals surface area contributed by atoms with Crippen molar-refractivity contribution in [2.75, 3.05) is 33.0 Å². The molecular weight excluding hydrogens is 336 g/mol. The van der Waals surface area contributed by atoms with E-state index in [4.69, 9.17) is 15.2 Å². The van der Waals surface area contributed by atoms with Crippen LogP contribution in [0.5, 0.6) is 0 Å². The summed E-state index contributed by atoms with van der Waals surface area (Å²) in [6.07, 6.45) is 6.51. The van der Waals surface area contributed by atoms with Crippen molar-refractivity contribution in [2.24, 2.45) is 17.6 Å². The van der Waals surface area contributed by atoms with Crippen LogP contribution in [0.2, 0.25) is 0 Å². The maximum Gasteiger partial charge on any atom is 0.243 e. The molecular formula is C19H40N2O5. The van der Waals surface area contributed by atoms with Crippen LogP contribution in [0.25, 0.3) is 0 Å². The van der Waals surface area contributed by atoms with E-state index in [0.717, 1.165) is 12.8 Å². The summed E-state index contributed by atoms with van der Waals surface area (Å²) < 4.78 is 9.86. The van der Waals surface area contributed by atoms with E-state index in [0.29, 0.717) is 37.9 Å². The predicted molar refractivity (Wildman–Crippen MR) is 105 cm³/mol. The Morgan fingerprint density at radius 1 is 1.12 bits per heavy atom. The Morgan fingerprint density at radius 2 is 1.77 bits per heavy atom. The summed E-state index contributed by atoms with van der Waals surface area (Å²) in [5.41, 5.74) is 4.85. The second-order valence-corrected chi connectivity index (χ2v) is 6.71. The van der Waals surface area contributed by atoms with Crippen molar-refractivity contribution in [3.63, 3.8) is 0 Å². The Kier molecular flexibility index (Phi) is 14.9. The minimum absolute atomic E-state index is 0. The van der Waals surface area contributed by atoms with Crippen molar-refractivity contribution in [3.8, 4) is 0 Å². The zero-order valence-corrected chi connectivity index (χ0v) is 16.6. The Labute approximate surface area is 160 Å². The van der Waals surface area contributed by atoms with Gasteiger partial charge in [-0.1, -0.05) is 33.1 Å². The van der Waals surface area contributed by atoms with E-state index in [1.54, 1.807) is 0 Å². The molecule has 1 saturated carbocycles. The number of amides is 2. The Hall–Kier alpha value is -1.47. The molecule has 0 spiro atoms. The first-order valence-electron chi connectivity index (χ1n) is 9.62. The van der Waals surface area contributed by atoms with Gasteiger partial charge >= 0.3 is 0 Å². The second-order valence-electron chi connectivity index (χ2n) is 6.71. The molecule has 7 nitrogen and oxygen atoms in total. The largest absolute Gasteiger partial charge is 0.381 e. The maximum atomic E-state index is 11.5. The van der Waals surface area contributed by atoms with Crippen LogP contribution in [-0.2, 0) is 23.9 Å². The lowest BCUT2D eigenvalue weighted by Gasteiger charge is -2.21. The van der Waals surface area contributed by atoms with E-state index in [2.05, 4.69) is 5.32 Å². The molecule has 26 heavy (non-hydrogen) atoms. The first kappa shape index (κ1) is 24.5. The van der Waals surface area contributed by atoms with Crippen molar-refractivity contribution >= 4 is 17.6 Å². The topological polar surface area (TPSA) is 108 Å². The van der Waals surface area contributed by atoms with E-state index in [-0.39, 0.29) is 27.9 Å². The van der Waals surface area contributed by atoms with Gasteiger partial charge in [0.05, 0.1) is 13.2 Å². The van der Waals surface area contributed by atoms with Gasteiger partial charge in [0.2, 0.25) is 11.8 Å². The molecule has 0 radical (unpaired) electrons. The van der Waals surface area contributed by atoms with Crippen LogP contribution >= 0.6 is 0 Å². The zero-order valence-electron chi connectivity index (χ0n) is 16.6. The van der Waals surface area contributed by atoms with Gasteiger partial charge in [-0.3, -0.25) is 14.4 Å². The Morgan fingerprint density at radius 3 is 2.31 bits per heavy atom. The lowest BCUT2D eigenvalue weighted by Crippen LogP contribution is -2.29. The number of Topliss-reactive ketones (excluding diaryl/α,β-unsaturated/α-hetero) is 1. The molecule has 0 aromatic heterocycles. The van der Waals surface area contributed by atoms with Crippen LogP contribution in [0, 0.1) is 11.8 Å². The molecule has 0 aliphatic heterocycles. The molecule has 0 bridgehead atoms. The van der Waals surface area contributed by atoms with E-state index in [1.807, 2.05) is 20.8 Å². The number of ether oxygens (including phenoxy) is 2. The van der Waals surface area contributed by atoms with Crippen molar-refractivity contribution in [1.29, 1.82) is 0 Å². The summed E-state index contributed by atoms with van der Waals surface area (Å²) in [6.45, 7) is 7.46. The summed E-state index contributed by atoms with van der Waals surface area (Å²) >= 11 is 0. The number of carbonyl (C=O) groups excluding carboxylic acids is 3. The quantitative estimate of drug-likeness (QED) is 0.538. The fraction of sp³-hybridized carbons (Fsp3) is 0.842. The summed E-state index contributed by atoms with van der Waals surface area (Å²) in [5, 5.41) is 2.62. The molecule has 1 aliphatic carbocycles. The monoisotopic (exact) mass is 376 g/mol. The molecule has 0 aromatic rings. The molecule has 7 heteroatoms. The van der Waals surface area contributed by atoms with Crippen LogP contribution in [0.15, 0.2) is 0 Å². The third-order valence-electron chi connectivity index (χ3n) is 4.07. The number of hydrogen-bond donors (Lipinski definition) is 2. The molecule has 0 aromatic carbocycles. The third kappa shape index (κ3) is 13.8. The van der Waals surface area contributed by atoms with Crippen molar-refractivity contribution in [3.05, 3.63) is 0 Å². The second kappa shape index (κ2) is 15.8. The smallest absolute Gasteiger partial charge is 0.243 e. The summed E-state index contributed by atoms with van der Waals surface area (Å²) in [6, 6.07) is 0. The Balaban J connectivity index is -0.000000431. The highest BCUT2D eigenvalue weighted by Crippen LogP contribution is 2.26. The number of hydrogen-bond acceptors (Lipinski definition) is 5. The van der Waals surface area contributed by atoms with Crippen molar-refractivity contribution in [1.82, 2.24) is 5.32 Å². The van der Waals surface area contributed by atoms with Crippen molar-refractivity contribution < 1.29 is 26.7 Å². The minimum Gasteiger partial charge on any atom is -0.381 e. The van der Waals surface area contributed by atoms with Gasteiger partial charge in [-0.15, -0.1) is 0 Å². The fourth-order valence-electron chi connectivity index (χ4n) is 2.69. The molecule has 0 unspecified atom stereocenters. The lowest BCUT2D eigenvalue weighted by atomic mass is 9.83. The molecule has 0 heterocycles. The van der Waals surface area contributed by atoms with Gasteiger partial charge in [-0.2, -0.15) is 0 Å². The number of nitrogens with two attached hydrogens (primary N) is 1. The van der Waals surface area contributed by atoms with Crippen LogP contribution in [0.3, 0.4) is 0 Å². The minimum atomic E-state index is -0.516. The van der Waals surface area contributed by atoms with E-state index >= 15 is 0 Å². The molecule has 2 amide bonds. The summed E-state index contributed by atoms with van der Waals surface area (Å²) in [7, 11) is 0. The highest BCUT2D eigenvalue weighted by Gasteiger charge is 2.22. The number of carbonyl (C=O) groups is 3. The molecule has 3 N–H and O–H groups in total. The van der Waals surface area contributed by atoms with Crippen LogP contribution in [-0.4, -0.2) is 50.6 Å². The fourth-order valence-corrected chi connectivity index (χ4v) is 2.69. The number of ketones is 1. The number of primary amides is 1.